The SMILES string of the molecule is CC(C)n1cnc2c(NCCc3c[nH]c4cccnc34)nc(-c3cncc(F)c3)nc21. The van der Waals surface area contributed by atoms with E-state index in [0.29, 0.717) is 34.9 Å². The summed E-state index contributed by atoms with van der Waals surface area (Å²) in [5.74, 6) is 0.578. The van der Waals surface area contributed by atoms with Gasteiger partial charge >= 0.3 is 0 Å². The van der Waals surface area contributed by atoms with Crippen molar-refractivity contribution in [2.45, 2.75) is 26.3 Å². The monoisotopic (exact) mass is 416 g/mol. The van der Waals surface area contributed by atoms with Gasteiger partial charge in [-0.2, -0.15) is 0 Å². The molecule has 0 bridgehead atoms. The number of aromatic amines is 1. The first-order valence-electron chi connectivity index (χ1n) is 10.1. The van der Waals surface area contributed by atoms with Crippen molar-refractivity contribution in [2.24, 2.45) is 0 Å². The maximum absolute atomic E-state index is 13.7. The second-order valence-corrected chi connectivity index (χ2v) is 7.60. The quantitative estimate of drug-likeness (QED) is 0.432. The van der Waals surface area contributed by atoms with Gasteiger partial charge in [-0.15, -0.1) is 0 Å². The Morgan fingerprint density at radius 1 is 1.16 bits per heavy atom. The number of pyridine rings is 2. The molecule has 9 heteroatoms. The van der Waals surface area contributed by atoms with Gasteiger partial charge in [0.05, 0.1) is 23.6 Å². The maximum atomic E-state index is 13.7. The summed E-state index contributed by atoms with van der Waals surface area (Å²) >= 11 is 0. The van der Waals surface area contributed by atoms with Gasteiger partial charge in [-0.25, -0.2) is 19.3 Å². The molecule has 0 atom stereocenters. The summed E-state index contributed by atoms with van der Waals surface area (Å²) in [6.45, 7) is 4.75. The molecule has 0 aliphatic carbocycles. The van der Waals surface area contributed by atoms with Crippen molar-refractivity contribution < 1.29 is 4.39 Å². The molecule has 8 nitrogen and oxygen atoms in total. The van der Waals surface area contributed by atoms with Crippen molar-refractivity contribution in [3.63, 3.8) is 0 Å². The Labute approximate surface area is 177 Å². The van der Waals surface area contributed by atoms with Crippen LogP contribution in [0.5, 0.6) is 0 Å². The van der Waals surface area contributed by atoms with Crippen LogP contribution in [0.4, 0.5) is 10.2 Å². The average Bonchev–Trinajstić information content (AvgIpc) is 3.38. The molecule has 5 heterocycles. The molecule has 0 aliphatic rings. The summed E-state index contributed by atoms with van der Waals surface area (Å²) < 4.78 is 15.7. The first kappa shape index (κ1) is 19.1. The Balaban J connectivity index is 1.49. The standard InChI is InChI=1S/C22H21FN8/c1-13(2)31-12-28-19-21(26-7-5-14-10-27-17-4-3-6-25-18(14)17)29-20(30-22(19)31)15-8-16(23)11-24-9-15/h3-4,6,8-13,27H,5,7H2,1-2H3,(H,26,29,30). The topological polar surface area (TPSA) is 97.2 Å². The summed E-state index contributed by atoms with van der Waals surface area (Å²) in [4.78, 5) is 25.5. The normalized spacial score (nSPS) is 11.6. The fraction of sp³-hybridized carbons (Fsp3) is 0.227. The van der Waals surface area contributed by atoms with Gasteiger partial charge in [-0.05, 0) is 44.0 Å². The second kappa shape index (κ2) is 7.75. The van der Waals surface area contributed by atoms with Crippen molar-refractivity contribution in [1.82, 2.24) is 34.5 Å². The van der Waals surface area contributed by atoms with E-state index in [4.69, 9.17) is 0 Å². The Morgan fingerprint density at radius 3 is 2.90 bits per heavy atom. The predicted molar refractivity (Wildman–Crippen MR) is 117 cm³/mol. The molecule has 0 saturated heterocycles. The van der Waals surface area contributed by atoms with E-state index >= 15 is 0 Å². The lowest BCUT2D eigenvalue weighted by Crippen LogP contribution is -2.09. The molecule has 0 amide bonds. The fourth-order valence-corrected chi connectivity index (χ4v) is 3.60. The van der Waals surface area contributed by atoms with Crippen molar-refractivity contribution in [2.75, 3.05) is 11.9 Å². The number of fused-ring (bicyclic) bond motifs is 2. The number of anilines is 1. The van der Waals surface area contributed by atoms with Gasteiger partial charge in [0.25, 0.3) is 0 Å². The molecule has 0 unspecified atom stereocenters. The van der Waals surface area contributed by atoms with Crippen molar-refractivity contribution in [3.8, 4) is 11.4 Å². The molecule has 2 N–H and O–H groups in total. The van der Waals surface area contributed by atoms with Crippen molar-refractivity contribution in [3.05, 3.63) is 60.7 Å². The number of nitrogens with one attached hydrogen (secondary N) is 2. The summed E-state index contributed by atoms with van der Waals surface area (Å²) in [6.07, 6.45) is 9.00. The van der Waals surface area contributed by atoms with Crippen LogP contribution in [-0.2, 0) is 6.42 Å². The minimum Gasteiger partial charge on any atom is -0.368 e. The number of nitrogens with zero attached hydrogens (tertiary/aromatic N) is 6. The predicted octanol–water partition coefficient (Wildman–Crippen LogP) is 4.14. The molecule has 0 fully saturated rings. The Morgan fingerprint density at radius 2 is 2.06 bits per heavy atom. The van der Waals surface area contributed by atoms with Crippen molar-refractivity contribution in [1.29, 1.82) is 0 Å². The molecule has 0 saturated carbocycles. The number of halogens is 1. The maximum Gasteiger partial charge on any atom is 0.166 e. The van der Waals surface area contributed by atoms with Crippen LogP contribution in [-0.4, -0.2) is 41.0 Å². The molecule has 0 spiro atoms. The van der Waals surface area contributed by atoms with Gasteiger partial charge in [-0.3, -0.25) is 9.97 Å². The van der Waals surface area contributed by atoms with Crippen LogP contribution in [0.2, 0.25) is 0 Å². The van der Waals surface area contributed by atoms with Crippen LogP contribution < -0.4 is 5.32 Å². The lowest BCUT2D eigenvalue weighted by atomic mass is 10.2. The van der Waals surface area contributed by atoms with E-state index in [1.54, 1.807) is 18.7 Å². The van der Waals surface area contributed by atoms with Crippen LogP contribution >= 0.6 is 0 Å². The average molecular weight is 416 g/mol. The number of aromatic nitrogens is 7. The van der Waals surface area contributed by atoms with E-state index in [1.165, 1.54) is 6.07 Å². The summed E-state index contributed by atoms with van der Waals surface area (Å²) in [5.41, 5.74) is 4.99. The molecule has 156 valence electrons. The molecule has 0 radical (unpaired) electrons. The van der Waals surface area contributed by atoms with E-state index in [0.717, 1.165) is 29.2 Å². The van der Waals surface area contributed by atoms with Gasteiger partial charge in [0, 0.05) is 36.7 Å². The summed E-state index contributed by atoms with van der Waals surface area (Å²) in [7, 11) is 0. The lowest BCUT2D eigenvalue weighted by Gasteiger charge is -2.11. The lowest BCUT2D eigenvalue weighted by molar-refractivity contribution is 0.612. The Hall–Kier alpha value is -3.88. The van der Waals surface area contributed by atoms with Crippen LogP contribution in [0, 0.1) is 5.82 Å². The second-order valence-electron chi connectivity index (χ2n) is 7.60. The highest BCUT2D eigenvalue weighted by Gasteiger charge is 2.16. The summed E-state index contributed by atoms with van der Waals surface area (Å²) in [6, 6.07) is 5.46. The molecular formula is C22H21FN8. The van der Waals surface area contributed by atoms with E-state index in [-0.39, 0.29) is 6.04 Å². The van der Waals surface area contributed by atoms with E-state index < -0.39 is 5.82 Å². The van der Waals surface area contributed by atoms with E-state index in [1.807, 2.05) is 22.9 Å². The first-order chi connectivity index (χ1) is 15.1. The van der Waals surface area contributed by atoms with Crippen LogP contribution in [0.3, 0.4) is 0 Å². The number of hydrogen-bond acceptors (Lipinski definition) is 6. The van der Waals surface area contributed by atoms with E-state index in [9.17, 15) is 4.39 Å². The van der Waals surface area contributed by atoms with Crippen LogP contribution in [0.1, 0.15) is 25.5 Å². The highest BCUT2D eigenvalue weighted by atomic mass is 19.1. The number of H-pyrrole nitrogens is 1. The number of rotatable bonds is 6. The van der Waals surface area contributed by atoms with Gasteiger partial charge < -0.3 is 14.9 Å². The molecule has 5 aromatic rings. The summed E-state index contributed by atoms with van der Waals surface area (Å²) in [5, 5.41) is 3.38. The first-order valence-corrected chi connectivity index (χ1v) is 10.1. The third-order valence-corrected chi connectivity index (χ3v) is 5.14. The Bertz CT molecular complexity index is 1370. The Kier molecular flexibility index (Phi) is 4.78. The number of imidazole rings is 1. The molecule has 31 heavy (non-hydrogen) atoms. The van der Waals surface area contributed by atoms with Gasteiger partial charge in [0.15, 0.2) is 17.3 Å². The van der Waals surface area contributed by atoms with Crippen LogP contribution in [0.15, 0.2) is 49.3 Å². The molecular weight excluding hydrogens is 395 g/mol. The van der Waals surface area contributed by atoms with Gasteiger partial charge in [0.2, 0.25) is 0 Å². The highest BCUT2D eigenvalue weighted by Crippen LogP contribution is 2.26. The smallest absolute Gasteiger partial charge is 0.166 e. The zero-order chi connectivity index (χ0) is 21.4. The molecule has 5 aromatic heterocycles. The minimum atomic E-state index is -0.431. The molecule has 0 aromatic carbocycles. The zero-order valence-corrected chi connectivity index (χ0v) is 17.2. The molecule has 5 rings (SSSR count). The van der Waals surface area contributed by atoms with Gasteiger partial charge in [-0.1, -0.05) is 0 Å². The van der Waals surface area contributed by atoms with Crippen LogP contribution in [0.25, 0.3) is 33.6 Å². The third kappa shape index (κ3) is 3.58. The third-order valence-electron chi connectivity index (χ3n) is 5.14. The van der Waals surface area contributed by atoms with Crippen molar-refractivity contribution >= 4 is 28.0 Å². The van der Waals surface area contributed by atoms with Gasteiger partial charge in [0.1, 0.15) is 11.3 Å². The van der Waals surface area contributed by atoms with E-state index in [2.05, 4.69) is 49.1 Å². The zero-order valence-electron chi connectivity index (χ0n) is 17.2. The largest absolute Gasteiger partial charge is 0.368 e. The minimum absolute atomic E-state index is 0.170. The number of hydrogen-bond donors (Lipinski definition) is 2. The fourth-order valence-electron chi connectivity index (χ4n) is 3.60. The molecule has 0 aliphatic heterocycles. The highest BCUT2D eigenvalue weighted by molar-refractivity contribution is 5.85.